The average molecular weight is 263 g/mol. The van der Waals surface area contributed by atoms with Gasteiger partial charge >= 0.3 is 5.97 Å². The van der Waals surface area contributed by atoms with Crippen LogP contribution in [0.25, 0.3) is 0 Å². The van der Waals surface area contributed by atoms with Crippen molar-refractivity contribution in [2.45, 2.75) is 45.5 Å². The van der Waals surface area contributed by atoms with E-state index in [1.54, 1.807) is 20.8 Å². The maximum Gasteiger partial charge on any atom is 0.338 e. The molecular weight excluding hydrogens is 238 g/mol. The minimum atomic E-state index is -1.57. The number of aliphatic hydroxyl groups excluding tert-OH is 1. The van der Waals surface area contributed by atoms with E-state index in [1.165, 1.54) is 7.11 Å². The lowest BCUT2D eigenvalue weighted by atomic mass is 10.1. The fourth-order valence-electron chi connectivity index (χ4n) is 0.755. The number of hydrogen-bond donors (Lipinski definition) is 2. The van der Waals surface area contributed by atoms with Gasteiger partial charge in [0, 0.05) is 7.11 Å². The van der Waals surface area contributed by atoms with Gasteiger partial charge in [0.15, 0.2) is 12.4 Å². The van der Waals surface area contributed by atoms with Crippen molar-refractivity contribution in [1.82, 2.24) is 5.32 Å². The van der Waals surface area contributed by atoms with Gasteiger partial charge in [-0.1, -0.05) is 6.92 Å². The number of carbonyl (C=O) groups is 2. The topological polar surface area (TPSA) is 84.9 Å². The van der Waals surface area contributed by atoms with Crippen molar-refractivity contribution in [2.75, 3.05) is 20.7 Å². The first kappa shape index (κ1) is 19.4. The molecule has 18 heavy (non-hydrogen) atoms. The predicted octanol–water partition coefficient (Wildman–Crippen LogP) is 0.129. The largest absolute Gasteiger partial charge is 0.458 e. The predicted molar refractivity (Wildman–Crippen MR) is 68.3 cm³/mol. The van der Waals surface area contributed by atoms with E-state index in [4.69, 9.17) is 4.74 Å². The van der Waals surface area contributed by atoms with Crippen LogP contribution in [0.2, 0.25) is 0 Å². The molecule has 0 aromatic carbocycles. The van der Waals surface area contributed by atoms with E-state index in [-0.39, 0.29) is 0 Å². The Balaban J connectivity index is 0. The number of esters is 1. The summed E-state index contributed by atoms with van der Waals surface area (Å²) < 4.78 is 9.43. The standard InChI is InChI=1S/C9H16O5.C3H9N/c1-9(2,3)14-8(12)7(11)6(5-10)13-4;1-3-4-2/h5-7,11H,1-4H3;4H,3H2,1-2H3. The third-order valence-corrected chi connectivity index (χ3v) is 1.72. The molecule has 6 nitrogen and oxygen atoms in total. The molecular formula is C12H25NO5. The minimum Gasteiger partial charge on any atom is -0.458 e. The van der Waals surface area contributed by atoms with Crippen LogP contribution in [-0.2, 0) is 19.1 Å². The molecule has 0 aliphatic rings. The maximum atomic E-state index is 11.2. The molecule has 0 spiro atoms. The number of hydrogen-bond acceptors (Lipinski definition) is 6. The number of aldehydes is 1. The Hall–Kier alpha value is -0.980. The molecule has 0 aliphatic carbocycles. The van der Waals surface area contributed by atoms with Gasteiger partial charge in [-0.2, -0.15) is 0 Å². The monoisotopic (exact) mass is 263 g/mol. The molecule has 108 valence electrons. The summed E-state index contributed by atoms with van der Waals surface area (Å²) in [5, 5.41) is 12.2. The summed E-state index contributed by atoms with van der Waals surface area (Å²) in [6.07, 6.45) is -2.39. The summed E-state index contributed by atoms with van der Waals surface area (Å²) in [4.78, 5) is 21.6. The molecule has 2 unspecified atom stereocenters. The lowest BCUT2D eigenvalue weighted by molar-refractivity contribution is -0.172. The smallest absolute Gasteiger partial charge is 0.338 e. The first-order chi connectivity index (χ1) is 8.23. The molecule has 0 amide bonds. The van der Waals surface area contributed by atoms with Gasteiger partial charge in [0.1, 0.15) is 11.7 Å². The van der Waals surface area contributed by atoms with Crippen molar-refractivity contribution in [3.63, 3.8) is 0 Å². The normalized spacial score (nSPS) is 13.9. The zero-order chi connectivity index (χ0) is 14.8. The number of nitrogens with one attached hydrogen (secondary N) is 1. The van der Waals surface area contributed by atoms with Gasteiger partial charge in [-0.05, 0) is 34.4 Å². The van der Waals surface area contributed by atoms with Gasteiger partial charge in [0.25, 0.3) is 0 Å². The molecule has 0 aromatic heterocycles. The summed E-state index contributed by atoms with van der Waals surface area (Å²) in [5.74, 6) is -0.864. The third-order valence-electron chi connectivity index (χ3n) is 1.72. The molecule has 6 heteroatoms. The van der Waals surface area contributed by atoms with Gasteiger partial charge in [0.2, 0.25) is 0 Å². The molecule has 2 atom stereocenters. The quantitative estimate of drug-likeness (QED) is 0.542. The van der Waals surface area contributed by atoms with Gasteiger partial charge in [0.05, 0.1) is 0 Å². The van der Waals surface area contributed by atoms with Crippen molar-refractivity contribution >= 4 is 12.3 Å². The van der Waals surface area contributed by atoms with Gasteiger partial charge in [-0.15, -0.1) is 0 Å². The van der Waals surface area contributed by atoms with E-state index >= 15 is 0 Å². The molecule has 0 heterocycles. The molecule has 0 rings (SSSR count). The minimum absolute atomic E-state index is 0.356. The van der Waals surface area contributed by atoms with Crippen molar-refractivity contribution in [3.05, 3.63) is 0 Å². The Bertz CT molecular complexity index is 235. The average Bonchev–Trinajstić information content (AvgIpc) is 2.28. The van der Waals surface area contributed by atoms with Crippen molar-refractivity contribution in [3.8, 4) is 0 Å². The second kappa shape index (κ2) is 9.99. The van der Waals surface area contributed by atoms with Crippen LogP contribution in [0.1, 0.15) is 27.7 Å². The van der Waals surface area contributed by atoms with Crippen LogP contribution >= 0.6 is 0 Å². The van der Waals surface area contributed by atoms with Gasteiger partial charge < -0.3 is 24.7 Å². The summed E-state index contributed by atoms with van der Waals surface area (Å²) in [5.41, 5.74) is -0.695. The van der Waals surface area contributed by atoms with E-state index in [0.29, 0.717) is 6.29 Å². The zero-order valence-electron chi connectivity index (χ0n) is 12.0. The maximum absolute atomic E-state index is 11.2. The summed E-state index contributed by atoms with van der Waals surface area (Å²) >= 11 is 0. The van der Waals surface area contributed by atoms with E-state index in [9.17, 15) is 14.7 Å². The molecule has 0 saturated heterocycles. The highest BCUT2D eigenvalue weighted by molar-refractivity contribution is 5.80. The van der Waals surface area contributed by atoms with E-state index < -0.39 is 23.8 Å². The number of rotatable bonds is 5. The van der Waals surface area contributed by atoms with E-state index in [2.05, 4.69) is 17.0 Å². The Morgan fingerprint density at radius 3 is 2.11 bits per heavy atom. The number of carbonyl (C=O) groups excluding carboxylic acids is 2. The highest BCUT2D eigenvalue weighted by atomic mass is 16.6. The first-order valence-corrected chi connectivity index (χ1v) is 5.77. The number of ether oxygens (including phenoxy) is 2. The molecule has 0 bridgehead atoms. The lowest BCUT2D eigenvalue weighted by Crippen LogP contribution is -2.40. The molecule has 0 saturated carbocycles. The Labute approximate surface area is 109 Å². The molecule has 2 N–H and O–H groups in total. The second-order valence-electron chi connectivity index (χ2n) is 4.52. The van der Waals surface area contributed by atoms with Crippen LogP contribution in [0.15, 0.2) is 0 Å². The lowest BCUT2D eigenvalue weighted by Gasteiger charge is -2.23. The Morgan fingerprint density at radius 2 is 1.89 bits per heavy atom. The second-order valence-corrected chi connectivity index (χ2v) is 4.52. The number of methoxy groups -OCH3 is 1. The molecule has 0 radical (unpaired) electrons. The van der Waals surface area contributed by atoms with Gasteiger partial charge in [-0.25, -0.2) is 4.79 Å². The van der Waals surface area contributed by atoms with Crippen LogP contribution in [0.3, 0.4) is 0 Å². The van der Waals surface area contributed by atoms with Crippen LogP contribution < -0.4 is 5.32 Å². The fraction of sp³-hybridized carbons (Fsp3) is 0.833. The van der Waals surface area contributed by atoms with Crippen LogP contribution in [0.5, 0.6) is 0 Å². The van der Waals surface area contributed by atoms with E-state index in [0.717, 1.165) is 6.54 Å². The van der Waals surface area contributed by atoms with Crippen LogP contribution in [-0.4, -0.2) is 55.9 Å². The summed E-state index contributed by atoms with van der Waals surface area (Å²) in [6, 6.07) is 0. The molecule has 0 aliphatic heterocycles. The Morgan fingerprint density at radius 1 is 1.44 bits per heavy atom. The first-order valence-electron chi connectivity index (χ1n) is 5.77. The van der Waals surface area contributed by atoms with Crippen LogP contribution in [0.4, 0.5) is 0 Å². The van der Waals surface area contributed by atoms with Gasteiger partial charge in [-0.3, -0.25) is 0 Å². The summed E-state index contributed by atoms with van der Waals surface area (Å²) in [7, 11) is 3.16. The Kier molecular flexibility index (Phi) is 10.7. The SMILES string of the molecule is CCNC.COC(C=O)C(O)C(=O)OC(C)(C)C. The highest BCUT2D eigenvalue weighted by Gasteiger charge is 2.30. The summed E-state index contributed by atoms with van der Waals surface area (Å²) in [6.45, 7) is 8.14. The van der Waals surface area contributed by atoms with Crippen LogP contribution in [0, 0.1) is 0 Å². The molecule has 0 aromatic rings. The van der Waals surface area contributed by atoms with Crippen molar-refractivity contribution in [1.29, 1.82) is 0 Å². The number of aliphatic hydroxyl groups is 1. The van der Waals surface area contributed by atoms with E-state index in [1.807, 2.05) is 7.05 Å². The zero-order valence-corrected chi connectivity index (χ0v) is 12.0. The fourth-order valence-corrected chi connectivity index (χ4v) is 0.755. The van der Waals surface area contributed by atoms with Crippen molar-refractivity contribution in [2.24, 2.45) is 0 Å². The molecule has 0 fully saturated rings. The highest BCUT2D eigenvalue weighted by Crippen LogP contribution is 2.10. The third kappa shape index (κ3) is 10.2. The van der Waals surface area contributed by atoms with Crippen molar-refractivity contribution < 1.29 is 24.2 Å².